The average Bonchev–Trinajstić information content (AvgIpc) is 2.16. The van der Waals surface area contributed by atoms with E-state index < -0.39 is 0 Å². The molecule has 82 valence electrons. The lowest BCUT2D eigenvalue weighted by atomic mass is 10.4. The van der Waals surface area contributed by atoms with Crippen LogP contribution < -0.4 is 10.6 Å². The number of hydrogen-bond donors (Lipinski definition) is 2. The Hall–Kier alpha value is -0.620. The van der Waals surface area contributed by atoms with Gasteiger partial charge in [0.05, 0.1) is 13.2 Å². The summed E-state index contributed by atoms with van der Waals surface area (Å²) in [6, 6.07) is 0. The maximum atomic E-state index is 11.0. The van der Waals surface area contributed by atoms with Gasteiger partial charge in [-0.2, -0.15) is 0 Å². The van der Waals surface area contributed by atoms with Gasteiger partial charge in [-0.25, -0.2) is 0 Å². The second kappa shape index (κ2) is 8.96. The molecular formula is C8H15BrN2O3. The van der Waals surface area contributed by atoms with Crippen LogP contribution in [0.15, 0.2) is 0 Å². The molecule has 0 heterocycles. The number of carbonyl (C=O) groups is 2. The molecule has 14 heavy (non-hydrogen) atoms. The molecule has 2 amide bonds. The molecule has 0 saturated carbocycles. The zero-order valence-corrected chi connectivity index (χ0v) is 9.72. The van der Waals surface area contributed by atoms with Crippen LogP contribution in [0.5, 0.6) is 0 Å². The molecule has 0 fully saturated rings. The zero-order valence-electron chi connectivity index (χ0n) is 8.14. The summed E-state index contributed by atoms with van der Waals surface area (Å²) in [5.74, 6) is -0.339. The molecule has 0 spiro atoms. The molecule has 0 radical (unpaired) electrons. The second-order valence-corrected chi connectivity index (χ2v) is 3.35. The number of hydrogen-bond acceptors (Lipinski definition) is 3. The molecule has 5 nitrogen and oxygen atoms in total. The number of rotatable bonds is 7. The largest absolute Gasteiger partial charge is 0.383 e. The number of halogens is 1. The van der Waals surface area contributed by atoms with Gasteiger partial charge in [-0.3, -0.25) is 9.59 Å². The van der Waals surface area contributed by atoms with Crippen LogP contribution in [0.4, 0.5) is 0 Å². The highest BCUT2D eigenvalue weighted by Crippen LogP contribution is 1.85. The van der Waals surface area contributed by atoms with Crippen LogP contribution in [0.1, 0.15) is 6.42 Å². The Morgan fingerprint density at radius 2 is 2.00 bits per heavy atom. The van der Waals surface area contributed by atoms with Crippen molar-refractivity contribution >= 4 is 27.7 Å². The van der Waals surface area contributed by atoms with Gasteiger partial charge in [0.1, 0.15) is 0 Å². The first-order valence-electron chi connectivity index (χ1n) is 4.29. The molecule has 0 unspecified atom stereocenters. The van der Waals surface area contributed by atoms with Gasteiger partial charge in [0.2, 0.25) is 11.8 Å². The Morgan fingerprint density at radius 3 is 2.57 bits per heavy atom. The van der Waals surface area contributed by atoms with E-state index in [0.717, 1.165) is 0 Å². The summed E-state index contributed by atoms with van der Waals surface area (Å²) in [5, 5.41) is 5.68. The van der Waals surface area contributed by atoms with Crippen molar-refractivity contribution in [1.82, 2.24) is 10.6 Å². The van der Waals surface area contributed by atoms with E-state index in [0.29, 0.717) is 24.9 Å². The van der Waals surface area contributed by atoms with Crippen molar-refractivity contribution < 1.29 is 14.3 Å². The van der Waals surface area contributed by atoms with Gasteiger partial charge in [0, 0.05) is 25.4 Å². The maximum Gasteiger partial charge on any atom is 0.239 e. The predicted octanol–water partition coefficient (Wildman–Crippen LogP) is -0.350. The maximum absolute atomic E-state index is 11.0. The highest BCUT2D eigenvalue weighted by atomic mass is 79.9. The van der Waals surface area contributed by atoms with Gasteiger partial charge >= 0.3 is 0 Å². The van der Waals surface area contributed by atoms with E-state index in [-0.39, 0.29) is 18.4 Å². The fourth-order valence-corrected chi connectivity index (χ4v) is 1.07. The molecule has 2 N–H and O–H groups in total. The number of alkyl halides is 1. The number of amides is 2. The molecule has 0 aromatic heterocycles. The van der Waals surface area contributed by atoms with E-state index in [4.69, 9.17) is 4.74 Å². The summed E-state index contributed by atoms with van der Waals surface area (Å²) in [6.45, 7) is 0.959. The van der Waals surface area contributed by atoms with Crippen LogP contribution >= 0.6 is 15.9 Å². The van der Waals surface area contributed by atoms with Crippen LogP contribution in [0, 0.1) is 0 Å². The molecule has 0 rings (SSSR count). The zero-order chi connectivity index (χ0) is 10.8. The normalized spacial score (nSPS) is 9.57. The van der Waals surface area contributed by atoms with Gasteiger partial charge in [-0.1, -0.05) is 15.9 Å². The Bertz CT molecular complexity index is 187. The van der Waals surface area contributed by atoms with Gasteiger partial charge in [-0.15, -0.1) is 0 Å². The molecule has 0 aliphatic heterocycles. The van der Waals surface area contributed by atoms with Crippen LogP contribution in [0.25, 0.3) is 0 Å². The van der Waals surface area contributed by atoms with Crippen LogP contribution in [0.3, 0.4) is 0 Å². The fourth-order valence-electron chi connectivity index (χ4n) is 0.708. The third-order valence-corrected chi connectivity index (χ3v) is 1.79. The van der Waals surface area contributed by atoms with Crippen molar-refractivity contribution in [3.63, 3.8) is 0 Å². The Morgan fingerprint density at radius 1 is 1.29 bits per heavy atom. The van der Waals surface area contributed by atoms with E-state index in [9.17, 15) is 9.59 Å². The lowest BCUT2D eigenvalue weighted by Crippen LogP contribution is -2.38. The topological polar surface area (TPSA) is 67.4 Å². The van der Waals surface area contributed by atoms with Gasteiger partial charge in [0.15, 0.2) is 0 Å². The Labute approximate surface area is 91.7 Å². The van der Waals surface area contributed by atoms with Gasteiger partial charge in [-0.05, 0) is 0 Å². The highest BCUT2D eigenvalue weighted by molar-refractivity contribution is 9.09. The van der Waals surface area contributed by atoms with Crippen LogP contribution in [-0.4, -0.2) is 44.0 Å². The van der Waals surface area contributed by atoms with Crippen LogP contribution in [-0.2, 0) is 14.3 Å². The smallest absolute Gasteiger partial charge is 0.239 e. The summed E-state index contributed by atoms with van der Waals surface area (Å²) >= 11 is 3.13. The molecule has 0 atom stereocenters. The Kier molecular flexibility index (Phi) is 8.56. The number of nitrogens with one attached hydrogen (secondary N) is 2. The minimum Gasteiger partial charge on any atom is -0.383 e. The number of ether oxygens (including phenoxy) is 1. The lowest BCUT2D eigenvalue weighted by Gasteiger charge is -2.05. The summed E-state index contributed by atoms with van der Waals surface area (Å²) in [7, 11) is 1.56. The van der Waals surface area contributed by atoms with E-state index in [1.54, 1.807) is 7.11 Å². The standard InChI is InChI=1S/C8H15BrN2O3/c1-14-5-4-10-8(13)6-11-7(12)2-3-9/h2-6H2,1H3,(H,10,13)(H,11,12). The molecule has 0 aromatic carbocycles. The van der Waals surface area contributed by atoms with Crippen molar-refractivity contribution in [1.29, 1.82) is 0 Å². The average molecular weight is 267 g/mol. The number of methoxy groups -OCH3 is 1. The summed E-state index contributed by atoms with van der Waals surface area (Å²) in [6.07, 6.45) is 0.380. The molecule has 0 aliphatic rings. The summed E-state index contributed by atoms with van der Waals surface area (Å²) in [4.78, 5) is 22.0. The molecule has 0 aliphatic carbocycles. The monoisotopic (exact) mass is 266 g/mol. The van der Waals surface area contributed by atoms with E-state index in [1.807, 2.05) is 0 Å². The molecule has 0 bridgehead atoms. The van der Waals surface area contributed by atoms with E-state index in [1.165, 1.54) is 0 Å². The molecular weight excluding hydrogens is 252 g/mol. The quantitative estimate of drug-likeness (QED) is 0.489. The third-order valence-electron chi connectivity index (χ3n) is 1.40. The molecule has 0 saturated heterocycles. The second-order valence-electron chi connectivity index (χ2n) is 2.56. The minimum atomic E-state index is -0.204. The summed E-state index contributed by atoms with van der Waals surface area (Å²) in [5.41, 5.74) is 0. The minimum absolute atomic E-state index is 0.0234. The molecule has 6 heteroatoms. The molecule has 0 aromatic rings. The lowest BCUT2D eigenvalue weighted by molar-refractivity contribution is -0.125. The summed E-state index contributed by atoms with van der Waals surface area (Å²) < 4.78 is 4.75. The van der Waals surface area contributed by atoms with Gasteiger partial charge in [0.25, 0.3) is 0 Å². The van der Waals surface area contributed by atoms with Crippen molar-refractivity contribution in [3.8, 4) is 0 Å². The van der Waals surface area contributed by atoms with Crippen LogP contribution in [0.2, 0.25) is 0 Å². The first kappa shape index (κ1) is 13.4. The van der Waals surface area contributed by atoms with Gasteiger partial charge < -0.3 is 15.4 Å². The van der Waals surface area contributed by atoms with Crippen molar-refractivity contribution in [3.05, 3.63) is 0 Å². The predicted molar refractivity (Wildman–Crippen MR) is 56.3 cm³/mol. The van der Waals surface area contributed by atoms with Crippen molar-refractivity contribution in [2.24, 2.45) is 0 Å². The number of carbonyl (C=O) groups excluding carboxylic acids is 2. The first-order valence-corrected chi connectivity index (χ1v) is 5.41. The SMILES string of the molecule is COCCNC(=O)CNC(=O)CCBr. The van der Waals surface area contributed by atoms with Crippen molar-refractivity contribution in [2.75, 3.05) is 32.1 Å². The Balaban J connectivity index is 3.39. The van der Waals surface area contributed by atoms with E-state index in [2.05, 4.69) is 26.6 Å². The first-order chi connectivity index (χ1) is 6.70. The fraction of sp³-hybridized carbons (Fsp3) is 0.750. The van der Waals surface area contributed by atoms with E-state index >= 15 is 0 Å². The third kappa shape index (κ3) is 8.00. The highest BCUT2D eigenvalue weighted by Gasteiger charge is 2.03. The van der Waals surface area contributed by atoms with Crippen molar-refractivity contribution in [2.45, 2.75) is 6.42 Å².